The maximum absolute atomic E-state index is 12.5. The third-order valence-corrected chi connectivity index (χ3v) is 1.98. The lowest BCUT2D eigenvalue weighted by molar-refractivity contribution is -0.206. The van der Waals surface area contributed by atoms with E-state index >= 15 is 0 Å². The summed E-state index contributed by atoms with van der Waals surface area (Å²) < 4.78 is 41.0. The monoisotopic (exact) mass is 231 g/mol. The van der Waals surface area contributed by atoms with Crippen LogP contribution in [0.5, 0.6) is 0 Å². The summed E-state index contributed by atoms with van der Waals surface area (Å²) in [4.78, 5) is 22.1. The molecule has 0 bridgehead atoms. The van der Waals surface area contributed by atoms with Gasteiger partial charge in [-0.15, -0.1) is 13.2 Å². The third-order valence-electron chi connectivity index (χ3n) is 1.98. The Hall–Kier alpha value is -2.05. The highest BCUT2D eigenvalue weighted by atomic mass is 19.4. The normalized spacial score (nSPS) is 11.9. The largest absolute Gasteiger partial charge is 0.494 e. The lowest BCUT2D eigenvalue weighted by Gasteiger charge is -2.10. The van der Waals surface area contributed by atoms with Gasteiger partial charge in [-0.25, -0.2) is 9.59 Å². The topological polar surface area (TPSA) is 52.2 Å². The number of hydrogen-bond donors (Lipinski definition) is 0. The number of benzene rings is 1. The van der Waals surface area contributed by atoms with E-state index in [1.165, 1.54) is 12.1 Å². The van der Waals surface area contributed by atoms with Crippen LogP contribution < -0.4 is 11.4 Å². The molecule has 16 heavy (non-hydrogen) atoms. The Kier molecular flexibility index (Phi) is 2.11. The highest BCUT2D eigenvalue weighted by molar-refractivity contribution is 5.77. The molecular formula is C9H4F3NO3. The van der Waals surface area contributed by atoms with Crippen LogP contribution in [-0.4, -0.2) is 4.57 Å². The number of halogens is 3. The molecule has 7 heteroatoms. The first-order valence-corrected chi connectivity index (χ1v) is 4.13. The maximum Gasteiger partial charge on any atom is 0.494 e. The van der Waals surface area contributed by atoms with Gasteiger partial charge >= 0.3 is 17.7 Å². The van der Waals surface area contributed by atoms with E-state index in [2.05, 4.69) is 4.42 Å². The smallest absolute Gasteiger partial charge is 0.372 e. The van der Waals surface area contributed by atoms with Crippen molar-refractivity contribution in [3.8, 4) is 0 Å². The molecule has 1 heterocycles. The number of rotatable bonds is 0. The van der Waals surface area contributed by atoms with E-state index in [1.807, 2.05) is 0 Å². The number of fused-ring (bicyclic) bond motifs is 1. The van der Waals surface area contributed by atoms with Crippen molar-refractivity contribution in [1.29, 1.82) is 0 Å². The minimum absolute atomic E-state index is 0.292. The quantitative estimate of drug-likeness (QED) is 0.689. The molecule has 84 valence electrons. The molecule has 0 unspecified atom stereocenters. The summed E-state index contributed by atoms with van der Waals surface area (Å²) in [5, 5.41) is -0.292. The van der Waals surface area contributed by atoms with Gasteiger partial charge in [-0.1, -0.05) is 12.1 Å². The van der Waals surface area contributed by atoms with Crippen molar-refractivity contribution in [2.45, 2.75) is 6.30 Å². The van der Waals surface area contributed by atoms with Crippen LogP contribution in [0.4, 0.5) is 13.2 Å². The minimum Gasteiger partial charge on any atom is -0.372 e. The predicted molar refractivity (Wildman–Crippen MR) is 48.0 cm³/mol. The molecule has 1 aromatic carbocycles. The van der Waals surface area contributed by atoms with Crippen LogP contribution in [0.25, 0.3) is 10.9 Å². The zero-order valence-corrected chi connectivity index (χ0v) is 7.62. The lowest BCUT2D eigenvalue weighted by Crippen LogP contribution is -2.33. The van der Waals surface area contributed by atoms with E-state index < -0.39 is 27.8 Å². The number of alkyl halides is 3. The Balaban J connectivity index is 3.05. The molecule has 0 aliphatic heterocycles. The highest BCUT2D eigenvalue weighted by Gasteiger charge is 2.35. The molecule has 0 amide bonds. The molecule has 1 aromatic heterocycles. The van der Waals surface area contributed by atoms with Gasteiger partial charge in [0.15, 0.2) is 0 Å². The summed E-state index contributed by atoms with van der Waals surface area (Å²) in [6.07, 6.45) is -4.92. The highest BCUT2D eigenvalue weighted by Crippen LogP contribution is 2.23. The number of nitrogens with zero attached hydrogens (tertiary/aromatic N) is 1. The van der Waals surface area contributed by atoms with E-state index in [0.717, 1.165) is 12.1 Å². The van der Waals surface area contributed by atoms with Crippen LogP contribution >= 0.6 is 0 Å². The third kappa shape index (κ3) is 1.50. The Labute approximate surface area is 85.5 Å². The fourth-order valence-corrected chi connectivity index (χ4v) is 1.36. The average Bonchev–Trinajstić information content (AvgIpc) is 2.15. The molecule has 0 fully saturated rings. The van der Waals surface area contributed by atoms with Gasteiger partial charge in [0.2, 0.25) is 0 Å². The van der Waals surface area contributed by atoms with Crippen molar-refractivity contribution in [2.24, 2.45) is 0 Å². The summed E-state index contributed by atoms with van der Waals surface area (Å²) in [5.41, 5.74) is -1.60. The number of para-hydroxylation sites is 1. The average molecular weight is 231 g/mol. The van der Waals surface area contributed by atoms with Crippen LogP contribution in [0, 0.1) is 0 Å². The van der Waals surface area contributed by atoms with Crippen molar-refractivity contribution < 1.29 is 17.6 Å². The second-order valence-corrected chi connectivity index (χ2v) is 2.98. The molecule has 2 rings (SSSR count). The second-order valence-electron chi connectivity index (χ2n) is 2.98. The zero-order chi connectivity index (χ0) is 11.9. The summed E-state index contributed by atoms with van der Waals surface area (Å²) in [7, 11) is 0. The van der Waals surface area contributed by atoms with Gasteiger partial charge < -0.3 is 4.42 Å². The standard InChI is InChI=1S/C9H4F3NO3/c10-9(11,12)13-6-4-2-1-3-5(6)7(14)16-8(13)15/h1-4H. The lowest BCUT2D eigenvalue weighted by atomic mass is 10.2. The molecule has 0 saturated heterocycles. The Bertz CT molecular complexity index is 653. The van der Waals surface area contributed by atoms with Gasteiger partial charge in [0.25, 0.3) is 0 Å². The fraction of sp³-hybridized carbons (Fsp3) is 0.111. The van der Waals surface area contributed by atoms with E-state index in [0.29, 0.717) is 0 Å². The van der Waals surface area contributed by atoms with Crippen LogP contribution in [0.2, 0.25) is 0 Å². The minimum atomic E-state index is -4.92. The first kappa shape index (κ1) is 10.5. The summed E-state index contributed by atoms with van der Waals surface area (Å²) in [6.45, 7) is 0. The van der Waals surface area contributed by atoms with Gasteiger partial charge in [-0.3, -0.25) is 0 Å². The van der Waals surface area contributed by atoms with E-state index in [-0.39, 0.29) is 5.39 Å². The summed E-state index contributed by atoms with van der Waals surface area (Å²) in [5.74, 6) is -1.74. The summed E-state index contributed by atoms with van der Waals surface area (Å²) in [6, 6.07) is 4.86. The van der Waals surface area contributed by atoms with Crippen molar-refractivity contribution in [3.05, 3.63) is 45.2 Å². The van der Waals surface area contributed by atoms with Crippen LogP contribution in [0.1, 0.15) is 0 Å². The molecule has 0 radical (unpaired) electrons. The van der Waals surface area contributed by atoms with Gasteiger partial charge in [0, 0.05) is 0 Å². The van der Waals surface area contributed by atoms with Gasteiger partial charge in [-0.2, -0.15) is 4.57 Å². The zero-order valence-electron chi connectivity index (χ0n) is 7.62. The van der Waals surface area contributed by atoms with E-state index in [1.54, 1.807) is 0 Å². The van der Waals surface area contributed by atoms with Gasteiger partial charge in [0.05, 0.1) is 10.9 Å². The van der Waals surface area contributed by atoms with Crippen molar-refractivity contribution in [3.63, 3.8) is 0 Å². The van der Waals surface area contributed by atoms with E-state index in [4.69, 9.17) is 0 Å². The predicted octanol–water partition coefficient (Wildman–Crippen LogP) is 1.43. The molecule has 0 spiro atoms. The molecule has 0 aliphatic carbocycles. The summed E-state index contributed by atoms with van der Waals surface area (Å²) >= 11 is 0. The molecule has 4 nitrogen and oxygen atoms in total. The van der Waals surface area contributed by atoms with E-state index in [9.17, 15) is 22.8 Å². The molecule has 0 N–H and O–H groups in total. The Morgan fingerprint density at radius 2 is 1.75 bits per heavy atom. The Morgan fingerprint density at radius 1 is 1.12 bits per heavy atom. The molecule has 0 atom stereocenters. The van der Waals surface area contributed by atoms with Crippen LogP contribution in [-0.2, 0) is 6.30 Å². The molecule has 0 aliphatic rings. The van der Waals surface area contributed by atoms with Crippen molar-refractivity contribution in [1.82, 2.24) is 4.57 Å². The van der Waals surface area contributed by atoms with Crippen molar-refractivity contribution in [2.75, 3.05) is 0 Å². The van der Waals surface area contributed by atoms with Crippen LogP contribution in [0.3, 0.4) is 0 Å². The molecular weight excluding hydrogens is 227 g/mol. The SMILES string of the molecule is O=c1oc(=O)n(C(F)(F)F)c2ccccc12. The first-order valence-electron chi connectivity index (χ1n) is 4.13. The van der Waals surface area contributed by atoms with Crippen LogP contribution in [0.15, 0.2) is 38.3 Å². The Morgan fingerprint density at radius 3 is 2.38 bits per heavy atom. The van der Waals surface area contributed by atoms with Gasteiger partial charge in [0.1, 0.15) is 0 Å². The van der Waals surface area contributed by atoms with Gasteiger partial charge in [-0.05, 0) is 12.1 Å². The maximum atomic E-state index is 12.5. The first-order chi connectivity index (χ1) is 7.41. The van der Waals surface area contributed by atoms with Crippen molar-refractivity contribution >= 4 is 10.9 Å². The number of hydrogen-bond acceptors (Lipinski definition) is 3. The second kappa shape index (κ2) is 3.22. The number of aromatic nitrogens is 1. The molecule has 2 aromatic rings. The fourth-order valence-electron chi connectivity index (χ4n) is 1.36. The molecule has 0 saturated carbocycles.